The Labute approximate surface area is 152 Å². The predicted molar refractivity (Wildman–Crippen MR) is 95.9 cm³/mol. The van der Waals surface area contributed by atoms with Crippen LogP contribution in [0.25, 0.3) is 0 Å². The number of H-pyrrole nitrogens is 1. The van der Waals surface area contributed by atoms with Crippen molar-refractivity contribution in [3.8, 4) is 5.75 Å². The maximum atomic E-state index is 11.9. The average molecular weight is 379 g/mol. The first-order valence-electron chi connectivity index (χ1n) is 8.22. The molecule has 1 aromatic carbocycles. The number of esters is 1. The zero-order chi connectivity index (χ0) is 18.6. The SMILES string of the molecule is CS(=O)(=O)CCOC(=O)Cc1ccc2c(c1)N(Cc1cnc[nH]1)CCO2. The number of ether oxygens (including phenoxy) is 2. The number of anilines is 1. The summed E-state index contributed by atoms with van der Waals surface area (Å²) in [5, 5.41) is 0. The second-order valence-electron chi connectivity index (χ2n) is 6.18. The van der Waals surface area contributed by atoms with Gasteiger partial charge in [0.15, 0.2) is 9.84 Å². The molecule has 2 aromatic rings. The van der Waals surface area contributed by atoms with Gasteiger partial charge in [-0.1, -0.05) is 6.07 Å². The summed E-state index contributed by atoms with van der Waals surface area (Å²) in [5.74, 6) is 0.143. The van der Waals surface area contributed by atoms with E-state index in [-0.39, 0.29) is 18.8 Å². The molecule has 0 saturated heterocycles. The normalized spacial score (nSPS) is 13.8. The highest BCUT2D eigenvalue weighted by Gasteiger charge is 2.20. The summed E-state index contributed by atoms with van der Waals surface area (Å²) in [6, 6.07) is 5.56. The van der Waals surface area contributed by atoms with Crippen molar-refractivity contribution in [3.05, 3.63) is 42.0 Å². The lowest BCUT2D eigenvalue weighted by atomic mass is 10.1. The van der Waals surface area contributed by atoms with Gasteiger partial charge in [-0.05, 0) is 17.7 Å². The molecule has 140 valence electrons. The Bertz CT molecular complexity index is 865. The third kappa shape index (κ3) is 4.98. The number of aromatic amines is 1. The predicted octanol–water partition coefficient (Wildman–Crippen LogP) is 0.939. The zero-order valence-corrected chi connectivity index (χ0v) is 15.3. The van der Waals surface area contributed by atoms with Crippen molar-refractivity contribution in [3.63, 3.8) is 0 Å². The zero-order valence-electron chi connectivity index (χ0n) is 14.5. The van der Waals surface area contributed by atoms with E-state index in [1.54, 1.807) is 12.5 Å². The summed E-state index contributed by atoms with van der Waals surface area (Å²) >= 11 is 0. The first-order chi connectivity index (χ1) is 12.4. The summed E-state index contributed by atoms with van der Waals surface area (Å²) in [7, 11) is -3.15. The molecule has 0 saturated carbocycles. The van der Waals surface area contributed by atoms with Crippen LogP contribution in [0.1, 0.15) is 11.3 Å². The molecule has 1 aromatic heterocycles. The summed E-state index contributed by atoms with van der Waals surface area (Å²) in [4.78, 5) is 21.2. The highest BCUT2D eigenvalue weighted by Crippen LogP contribution is 2.33. The molecule has 1 N–H and O–H groups in total. The van der Waals surface area contributed by atoms with Gasteiger partial charge in [-0.2, -0.15) is 0 Å². The molecule has 0 radical (unpaired) electrons. The van der Waals surface area contributed by atoms with Crippen molar-refractivity contribution in [2.24, 2.45) is 0 Å². The lowest BCUT2D eigenvalue weighted by molar-refractivity contribution is -0.142. The second-order valence-corrected chi connectivity index (χ2v) is 8.44. The molecule has 0 aliphatic carbocycles. The van der Waals surface area contributed by atoms with Crippen molar-refractivity contribution in [1.29, 1.82) is 0 Å². The molecule has 0 spiro atoms. The molecule has 3 rings (SSSR count). The Morgan fingerprint density at radius 2 is 2.27 bits per heavy atom. The molecule has 0 atom stereocenters. The first-order valence-corrected chi connectivity index (χ1v) is 10.3. The van der Waals surface area contributed by atoms with Gasteiger partial charge in [-0.3, -0.25) is 4.79 Å². The van der Waals surface area contributed by atoms with E-state index in [0.717, 1.165) is 35.5 Å². The molecule has 1 aliphatic rings. The second kappa shape index (κ2) is 7.77. The minimum absolute atomic E-state index is 0.0783. The van der Waals surface area contributed by atoms with Gasteiger partial charge in [0, 0.05) is 12.5 Å². The van der Waals surface area contributed by atoms with E-state index in [4.69, 9.17) is 9.47 Å². The molecule has 8 nitrogen and oxygen atoms in total. The van der Waals surface area contributed by atoms with Crippen LogP contribution >= 0.6 is 0 Å². The monoisotopic (exact) mass is 379 g/mol. The van der Waals surface area contributed by atoms with Gasteiger partial charge in [0.25, 0.3) is 0 Å². The van der Waals surface area contributed by atoms with Crippen LogP contribution in [0, 0.1) is 0 Å². The quantitative estimate of drug-likeness (QED) is 0.714. The van der Waals surface area contributed by atoms with E-state index in [1.807, 2.05) is 18.2 Å². The largest absolute Gasteiger partial charge is 0.490 e. The number of benzene rings is 1. The number of sulfone groups is 1. The number of imidazole rings is 1. The van der Waals surface area contributed by atoms with Gasteiger partial charge in [0.1, 0.15) is 19.0 Å². The van der Waals surface area contributed by atoms with Gasteiger partial charge in [0.2, 0.25) is 0 Å². The highest BCUT2D eigenvalue weighted by molar-refractivity contribution is 7.90. The van der Waals surface area contributed by atoms with Crippen LogP contribution in [-0.2, 0) is 32.3 Å². The Morgan fingerprint density at radius 1 is 1.42 bits per heavy atom. The Hall–Kier alpha value is -2.55. The molecule has 0 bridgehead atoms. The van der Waals surface area contributed by atoms with E-state index in [0.29, 0.717) is 13.2 Å². The number of hydrogen-bond donors (Lipinski definition) is 1. The molecule has 26 heavy (non-hydrogen) atoms. The fourth-order valence-corrected chi connectivity index (χ4v) is 3.08. The number of nitrogens with one attached hydrogen (secondary N) is 1. The van der Waals surface area contributed by atoms with Gasteiger partial charge >= 0.3 is 5.97 Å². The molecule has 0 fully saturated rings. The number of aromatic nitrogens is 2. The fourth-order valence-electron chi connectivity index (χ4n) is 2.69. The lowest BCUT2D eigenvalue weighted by Crippen LogP contribution is -2.32. The molecule has 9 heteroatoms. The maximum absolute atomic E-state index is 11.9. The van der Waals surface area contributed by atoms with Crippen molar-refractivity contribution >= 4 is 21.5 Å². The van der Waals surface area contributed by atoms with Gasteiger partial charge < -0.3 is 19.4 Å². The Morgan fingerprint density at radius 3 is 3.00 bits per heavy atom. The molecule has 2 heterocycles. The average Bonchev–Trinajstić information content (AvgIpc) is 3.07. The van der Waals surface area contributed by atoms with Crippen LogP contribution in [0.3, 0.4) is 0 Å². The van der Waals surface area contributed by atoms with Crippen molar-refractivity contribution in [2.75, 3.05) is 36.7 Å². The van der Waals surface area contributed by atoms with Crippen LogP contribution in [0.5, 0.6) is 5.75 Å². The third-order valence-corrected chi connectivity index (χ3v) is 4.87. The summed E-state index contributed by atoms with van der Waals surface area (Å²) in [5.41, 5.74) is 2.68. The van der Waals surface area contributed by atoms with Crippen LogP contribution < -0.4 is 9.64 Å². The first kappa shape index (κ1) is 18.2. The van der Waals surface area contributed by atoms with Crippen LogP contribution in [0.4, 0.5) is 5.69 Å². The van der Waals surface area contributed by atoms with Crippen LogP contribution in [0.15, 0.2) is 30.7 Å². The summed E-state index contributed by atoms with van der Waals surface area (Å²) < 4.78 is 32.8. The van der Waals surface area contributed by atoms with Crippen LogP contribution in [0.2, 0.25) is 0 Å². The van der Waals surface area contributed by atoms with E-state index in [9.17, 15) is 13.2 Å². The number of carbonyl (C=O) groups excluding carboxylic acids is 1. The van der Waals surface area contributed by atoms with Gasteiger partial charge in [-0.15, -0.1) is 0 Å². The van der Waals surface area contributed by atoms with E-state index < -0.39 is 15.8 Å². The number of rotatable bonds is 7. The minimum Gasteiger partial charge on any atom is -0.490 e. The molecular formula is C17H21N3O5S. The standard InChI is InChI=1S/C17H21N3O5S/c1-26(22,23)7-6-25-17(21)9-13-2-3-16-15(8-13)20(4-5-24-16)11-14-10-18-12-19-14/h2-3,8,10,12H,4-7,9,11H2,1H3,(H,18,19). The Kier molecular flexibility index (Phi) is 5.46. The van der Waals surface area contributed by atoms with Crippen LogP contribution in [-0.4, -0.2) is 56.1 Å². The number of nitrogens with zero attached hydrogens (tertiary/aromatic N) is 2. The smallest absolute Gasteiger partial charge is 0.310 e. The van der Waals surface area contributed by atoms with E-state index in [1.165, 1.54) is 0 Å². The molecule has 0 amide bonds. The van der Waals surface area contributed by atoms with E-state index in [2.05, 4.69) is 14.9 Å². The van der Waals surface area contributed by atoms with Crippen molar-refractivity contribution < 1.29 is 22.7 Å². The summed E-state index contributed by atoms with van der Waals surface area (Å²) in [6.07, 6.45) is 4.60. The Balaban J connectivity index is 1.65. The van der Waals surface area contributed by atoms with Crippen molar-refractivity contribution in [2.45, 2.75) is 13.0 Å². The number of fused-ring (bicyclic) bond motifs is 1. The lowest BCUT2D eigenvalue weighted by Gasteiger charge is -2.31. The van der Waals surface area contributed by atoms with E-state index >= 15 is 0 Å². The minimum atomic E-state index is -3.15. The highest BCUT2D eigenvalue weighted by atomic mass is 32.2. The topological polar surface area (TPSA) is 102 Å². The number of carbonyl (C=O) groups is 1. The number of hydrogen-bond acceptors (Lipinski definition) is 7. The van der Waals surface area contributed by atoms with Crippen molar-refractivity contribution in [1.82, 2.24) is 9.97 Å². The van der Waals surface area contributed by atoms with Gasteiger partial charge in [-0.25, -0.2) is 13.4 Å². The molecular weight excluding hydrogens is 358 g/mol. The third-order valence-electron chi connectivity index (χ3n) is 3.96. The van der Waals surface area contributed by atoms with Gasteiger partial charge in [0.05, 0.1) is 43.0 Å². The molecule has 0 unspecified atom stereocenters. The fraction of sp³-hybridized carbons (Fsp3) is 0.412. The summed E-state index contributed by atoms with van der Waals surface area (Å²) in [6.45, 7) is 1.86. The maximum Gasteiger partial charge on any atom is 0.310 e. The molecule has 1 aliphatic heterocycles.